The lowest BCUT2D eigenvalue weighted by Crippen LogP contribution is -2.20. The number of anilines is 1. The third-order valence-corrected chi connectivity index (χ3v) is 4.61. The molecule has 0 saturated carbocycles. The van der Waals surface area contributed by atoms with Crippen molar-refractivity contribution in [3.8, 4) is 0 Å². The Labute approximate surface area is 160 Å². The summed E-state index contributed by atoms with van der Waals surface area (Å²) in [5.41, 5.74) is 3.46. The highest BCUT2D eigenvalue weighted by molar-refractivity contribution is 6.31. The predicted molar refractivity (Wildman–Crippen MR) is 104 cm³/mol. The molecule has 0 radical (unpaired) electrons. The van der Waals surface area contributed by atoms with Crippen molar-refractivity contribution in [2.45, 2.75) is 20.0 Å². The van der Waals surface area contributed by atoms with E-state index in [1.807, 2.05) is 66.2 Å². The van der Waals surface area contributed by atoms with Crippen LogP contribution in [0.5, 0.6) is 0 Å². The van der Waals surface area contributed by atoms with Gasteiger partial charge in [-0.3, -0.25) is 9.48 Å². The molecule has 4 rings (SSSR count). The van der Waals surface area contributed by atoms with Gasteiger partial charge < -0.3 is 5.32 Å². The lowest BCUT2D eigenvalue weighted by atomic mass is 10.2. The van der Waals surface area contributed by atoms with Crippen molar-refractivity contribution >= 4 is 34.4 Å². The van der Waals surface area contributed by atoms with Gasteiger partial charge in [-0.1, -0.05) is 47.1 Å². The number of carbonyl (C=O) groups is 1. The first-order valence-corrected chi connectivity index (χ1v) is 8.84. The summed E-state index contributed by atoms with van der Waals surface area (Å²) >= 11 is 6.22. The van der Waals surface area contributed by atoms with Crippen molar-refractivity contribution in [3.63, 3.8) is 0 Å². The minimum Gasteiger partial charge on any atom is -0.308 e. The third kappa shape index (κ3) is 3.68. The van der Waals surface area contributed by atoms with Gasteiger partial charge in [-0.05, 0) is 30.7 Å². The fourth-order valence-corrected chi connectivity index (χ4v) is 3.07. The van der Waals surface area contributed by atoms with E-state index in [9.17, 15) is 4.79 Å². The van der Waals surface area contributed by atoms with E-state index in [1.54, 1.807) is 4.68 Å². The van der Waals surface area contributed by atoms with E-state index in [0.29, 0.717) is 17.4 Å². The molecule has 0 bridgehead atoms. The first kappa shape index (κ1) is 17.2. The predicted octanol–water partition coefficient (Wildman–Crippen LogP) is 3.28. The van der Waals surface area contributed by atoms with Crippen molar-refractivity contribution in [3.05, 3.63) is 70.9 Å². The molecule has 27 heavy (non-hydrogen) atoms. The van der Waals surface area contributed by atoms with Gasteiger partial charge in [0.15, 0.2) is 5.82 Å². The van der Waals surface area contributed by atoms with Gasteiger partial charge in [-0.15, -0.1) is 5.10 Å². The van der Waals surface area contributed by atoms with Gasteiger partial charge in [0.2, 0.25) is 5.91 Å². The Balaban J connectivity index is 1.47. The second-order valence-electron chi connectivity index (χ2n) is 6.20. The third-order valence-electron chi connectivity index (χ3n) is 4.24. The first-order chi connectivity index (χ1) is 13.1. The fourth-order valence-electron chi connectivity index (χ4n) is 2.87. The van der Waals surface area contributed by atoms with Crippen LogP contribution in [0.3, 0.4) is 0 Å². The number of para-hydroxylation sites is 1. The van der Waals surface area contributed by atoms with Gasteiger partial charge in [-0.25, -0.2) is 4.68 Å². The molecule has 4 aromatic rings. The minimum atomic E-state index is -0.215. The number of nitrogens with zero attached hydrogens (tertiary/aromatic N) is 5. The number of hydrogen-bond donors (Lipinski definition) is 1. The highest BCUT2D eigenvalue weighted by atomic mass is 35.5. The van der Waals surface area contributed by atoms with E-state index in [1.165, 1.54) is 0 Å². The largest absolute Gasteiger partial charge is 0.308 e. The molecular weight excluding hydrogens is 364 g/mol. The zero-order chi connectivity index (χ0) is 18.8. The zero-order valence-corrected chi connectivity index (χ0v) is 15.4. The lowest BCUT2D eigenvalue weighted by Gasteiger charge is -2.06. The van der Waals surface area contributed by atoms with Crippen LogP contribution in [0, 0.1) is 6.92 Å². The number of amides is 1. The molecule has 2 aromatic heterocycles. The molecule has 1 N–H and O–H groups in total. The van der Waals surface area contributed by atoms with Gasteiger partial charge in [-0.2, -0.15) is 5.10 Å². The summed E-state index contributed by atoms with van der Waals surface area (Å²) in [6.45, 7) is 2.54. The van der Waals surface area contributed by atoms with E-state index < -0.39 is 0 Å². The van der Waals surface area contributed by atoms with Crippen LogP contribution in [0.1, 0.15) is 11.3 Å². The van der Waals surface area contributed by atoms with Crippen molar-refractivity contribution in [1.82, 2.24) is 24.8 Å². The lowest BCUT2D eigenvalue weighted by molar-refractivity contribution is -0.116. The summed E-state index contributed by atoms with van der Waals surface area (Å²) in [4.78, 5) is 12.4. The van der Waals surface area contributed by atoms with Crippen LogP contribution in [-0.4, -0.2) is 30.7 Å². The summed E-state index contributed by atoms with van der Waals surface area (Å²) in [7, 11) is 0. The second-order valence-corrected chi connectivity index (χ2v) is 6.61. The summed E-state index contributed by atoms with van der Waals surface area (Å²) < 4.78 is 3.37. The molecule has 0 aliphatic rings. The number of aromatic nitrogens is 5. The normalized spacial score (nSPS) is 11.0. The molecule has 0 atom stereocenters. The SMILES string of the molecule is Cc1cc(NC(=O)Cn2nnc3ccccc32)nn1Cc1ccccc1Cl. The number of carbonyl (C=O) groups excluding carboxylic acids is 1. The molecule has 0 fully saturated rings. The van der Waals surface area contributed by atoms with Gasteiger partial charge in [0.05, 0.1) is 12.1 Å². The standard InChI is InChI=1S/C19H17ClN6O/c1-13-10-18(23-25(13)11-14-6-2-3-7-15(14)20)21-19(27)12-26-17-9-5-4-8-16(17)22-24-26/h2-10H,11-12H2,1H3,(H,21,23,27). The molecule has 136 valence electrons. The summed E-state index contributed by atoms with van der Waals surface area (Å²) in [6.07, 6.45) is 0. The van der Waals surface area contributed by atoms with Crippen LogP contribution in [0.15, 0.2) is 54.6 Å². The molecule has 0 saturated heterocycles. The Bertz CT molecular complexity index is 1120. The van der Waals surface area contributed by atoms with Crippen LogP contribution in [0.25, 0.3) is 11.0 Å². The maximum Gasteiger partial charge on any atom is 0.247 e. The second kappa shape index (κ2) is 7.20. The summed E-state index contributed by atoms with van der Waals surface area (Å²) in [5, 5.41) is 16.0. The molecular formula is C19H17ClN6O. The fraction of sp³-hybridized carbons (Fsp3) is 0.158. The smallest absolute Gasteiger partial charge is 0.247 e. The number of rotatable bonds is 5. The Morgan fingerprint density at radius 2 is 1.89 bits per heavy atom. The Kier molecular flexibility index (Phi) is 4.60. The number of halogens is 1. The van der Waals surface area contributed by atoms with Crippen LogP contribution < -0.4 is 5.32 Å². The average molecular weight is 381 g/mol. The van der Waals surface area contributed by atoms with Gasteiger partial charge in [0, 0.05) is 16.8 Å². The quantitative estimate of drug-likeness (QED) is 0.576. The van der Waals surface area contributed by atoms with Crippen molar-refractivity contribution < 1.29 is 4.79 Å². The average Bonchev–Trinajstić information content (AvgIpc) is 3.21. The molecule has 0 aliphatic carbocycles. The van der Waals surface area contributed by atoms with Crippen molar-refractivity contribution in [2.75, 3.05) is 5.32 Å². The van der Waals surface area contributed by atoms with E-state index in [4.69, 9.17) is 11.6 Å². The molecule has 2 aromatic carbocycles. The van der Waals surface area contributed by atoms with E-state index in [0.717, 1.165) is 22.3 Å². The Hall–Kier alpha value is -3.19. The summed E-state index contributed by atoms with van der Waals surface area (Å²) in [5.74, 6) is 0.280. The topological polar surface area (TPSA) is 77.6 Å². The molecule has 8 heteroatoms. The van der Waals surface area contributed by atoms with Gasteiger partial charge >= 0.3 is 0 Å². The van der Waals surface area contributed by atoms with Crippen LogP contribution in [0.2, 0.25) is 5.02 Å². The van der Waals surface area contributed by atoms with Crippen LogP contribution in [0.4, 0.5) is 5.82 Å². The summed E-state index contributed by atoms with van der Waals surface area (Å²) in [6, 6.07) is 17.0. The molecule has 7 nitrogen and oxygen atoms in total. The van der Waals surface area contributed by atoms with Gasteiger partial charge in [0.25, 0.3) is 0 Å². The Morgan fingerprint density at radius 3 is 2.74 bits per heavy atom. The minimum absolute atomic E-state index is 0.0664. The Morgan fingerprint density at radius 1 is 1.11 bits per heavy atom. The first-order valence-electron chi connectivity index (χ1n) is 8.46. The van der Waals surface area contributed by atoms with Crippen LogP contribution >= 0.6 is 11.6 Å². The number of fused-ring (bicyclic) bond motifs is 1. The van der Waals surface area contributed by atoms with Crippen molar-refractivity contribution in [2.24, 2.45) is 0 Å². The number of aryl methyl sites for hydroxylation is 1. The molecule has 0 spiro atoms. The number of benzene rings is 2. The van der Waals surface area contributed by atoms with Gasteiger partial charge in [0.1, 0.15) is 12.1 Å². The monoisotopic (exact) mass is 380 g/mol. The number of hydrogen-bond acceptors (Lipinski definition) is 4. The van der Waals surface area contributed by atoms with Crippen LogP contribution in [-0.2, 0) is 17.9 Å². The maximum atomic E-state index is 12.4. The van der Waals surface area contributed by atoms with E-state index >= 15 is 0 Å². The van der Waals surface area contributed by atoms with E-state index in [-0.39, 0.29) is 12.5 Å². The van der Waals surface area contributed by atoms with Crippen molar-refractivity contribution in [1.29, 1.82) is 0 Å². The highest BCUT2D eigenvalue weighted by Gasteiger charge is 2.12. The zero-order valence-electron chi connectivity index (χ0n) is 14.6. The maximum absolute atomic E-state index is 12.4. The molecule has 1 amide bonds. The number of nitrogens with one attached hydrogen (secondary N) is 1. The molecule has 0 aliphatic heterocycles. The van der Waals surface area contributed by atoms with E-state index in [2.05, 4.69) is 20.7 Å². The molecule has 2 heterocycles. The highest BCUT2D eigenvalue weighted by Crippen LogP contribution is 2.18. The molecule has 0 unspecified atom stereocenters.